The number of carbonyl (C=O) groups excluding carboxylic acids is 1. The highest BCUT2D eigenvalue weighted by Crippen LogP contribution is 2.27. The van der Waals surface area contributed by atoms with E-state index in [0.717, 1.165) is 18.5 Å². The normalized spacial score (nSPS) is 22.3. The maximum absolute atomic E-state index is 12.8. The van der Waals surface area contributed by atoms with E-state index in [1.54, 1.807) is 15.8 Å². The van der Waals surface area contributed by atoms with Gasteiger partial charge in [-0.2, -0.15) is 5.10 Å². The summed E-state index contributed by atoms with van der Waals surface area (Å²) in [6.45, 7) is 2.95. The van der Waals surface area contributed by atoms with Crippen LogP contribution in [0.25, 0.3) is 0 Å². The number of rotatable bonds is 3. The van der Waals surface area contributed by atoms with E-state index >= 15 is 0 Å². The zero-order chi connectivity index (χ0) is 17.2. The van der Waals surface area contributed by atoms with E-state index in [1.807, 2.05) is 13.1 Å². The molecule has 1 atom stereocenters. The van der Waals surface area contributed by atoms with Crippen molar-refractivity contribution >= 4 is 5.91 Å². The summed E-state index contributed by atoms with van der Waals surface area (Å²) in [6.07, 6.45) is 4.80. The fourth-order valence-electron chi connectivity index (χ4n) is 3.39. The maximum atomic E-state index is 12.8. The number of aromatic nitrogens is 3. The van der Waals surface area contributed by atoms with Gasteiger partial charge >= 0.3 is 0 Å². The minimum Gasteiger partial charge on any atom is -0.448 e. The van der Waals surface area contributed by atoms with E-state index in [1.165, 1.54) is 6.26 Å². The summed E-state index contributed by atoms with van der Waals surface area (Å²) in [7, 11) is 1.87. The van der Waals surface area contributed by atoms with Gasteiger partial charge in [0.1, 0.15) is 12.4 Å². The van der Waals surface area contributed by atoms with Crippen LogP contribution in [-0.2, 0) is 16.5 Å². The lowest BCUT2D eigenvalue weighted by Gasteiger charge is -2.32. The lowest BCUT2D eigenvalue weighted by Crippen LogP contribution is -2.42. The van der Waals surface area contributed by atoms with E-state index in [-0.39, 0.29) is 17.9 Å². The molecule has 2 aliphatic heterocycles. The molecule has 2 saturated heterocycles. The topological polar surface area (TPSA) is 82.6 Å². The van der Waals surface area contributed by atoms with Crippen LogP contribution >= 0.6 is 0 Å². The fraction of sp³-hybridized carbons (Fsp3) is 0.588. The van der Waals surface area contributed by atoms with E-state index in [4.69, 9.17) is 13.9 Å². The minimum atomic E-state index is -0.174. The fourth-order valence-corrected chi connectivity index (χ4v) is 3.39. The second kappa shape index (κ2) is 6.97. The Bertz CT molecular complexity index is 735. The monoisotopic (exact) mass is 346 g/mol. The first kappa shape index (κ1) is 16.3. The molecule has 4 heterocycles. The third-order valence-electron chi connectivity index (χ3n) is 4.85. The Kier molecular flexibility index (Phi) is 4.54. The molecule has 134 valence electrons. The molecule has 2 aromatic rings. The summed E-state index contributed by atoms with van der Waals surface area (Å²) >= 11 is 0. The number of hydrogen-bond acceptors (Lipinski definition) is 6. The van der Waals surface area contributed by atoms with E-state index in [2.05, 4.69) is 10.1 Å². The van der Waals surface area contributed by atoms with Crippen molar-refractivity contribution in [3.05, 3.63) is 35.8 Å². The molecule has 0 bridgehead atoms. The van der Waals surface area contributed by atoms with E-state index in [0.29, 0.717) is 44.5 Å². The lowest BCUT2D eigenvalue weighted by atomic mass is 10.0. The van der Waals surface area contributed by atoms with Gasteiger partial charge in [-0.15, -0.1) is 0 Å². The van der Waals surface area contributed by atoms with Crippen molar-refractivity contribution in [2.45, 2.75) is 24.9 Å². The molecule has 2 fully saturated rings. The van der Waals surface area contributed by atoms with Crippen molar-refractivity contribution in [3.63, 3.8) is 0 Å². The average Bonchev–Trinajstić information content (AvgIpc) is 3.31. The first-order chi connectivity index (χ1) is 12.2. The van der Waals surface area contributed by atoms with Crippen LogP contribution in [0.1, 0.15) is 46.9 Å². The Hall–Kier alpha value is -2.19. The van der Waals surface area contributed by atoms with Gasteiger partial charge in [-0.1, -0.05) is 0 Å². The molecule has 0 radical (unpaired) electrons. The molecule has 2 aromatic heterocycles. The van der Waals surface area contributed by atoms with Gasteiger partial charge in [0, 0.05) is 38.9 Å². The van der Waals surface area contributed by atoms with Crippen molar-refractivity contribution in [2.75, 3.05) is 32.9 Å². The highest BCUT2D eigenvalue weighted by Gasteiger charge is 2.30. The average molecular weight is 346 g/mol. The maximum Gasteiger partial charge on any atom is 0.275 e. The molecular formula is C17H22N4O4. The standard InChI is InChI=1S/C17H22N4O4/c1-20-14(2-5-18-20)15-10-21(6-9-24-15)17(22)13-11-25-16(19-13)12-3-7-23-8-4-12/h2,5,11-12,15H,3-4,6-10H2,1H3. The highest BCUT2D eigenvalue weighted by molar-refractivity contribution is 5.92. The lowest BCUT2D eigenvalue weighted by molar-refractivity contribution is -0.0265. The van der Waals surface area contributed by atoms with Gasteiger partial charge < -0.3 is 18.8 Å². The van der Waals surface area contributed by atoms with Gasteiger partial charge in [-0.3, -0.25) is 9.48 Å². The number of nitrogens with zero attached hydrogens (tertiary/aromatic N) is 4. The molecule has 25 heavy (non-hydrogen) atoms. The van der Waals surface area contributed by atoms with Crippen LogP contribution < -0.4 is 0 Å². The number of aryl methyl sites for hydroxylation is 1. The minimum absolute atomic E-state index is 0.113. The summed E-state index contributed by atoms with van der Waals surface area (Å²) in [4.78, 5) is 19.0. The number of oxazole rings is 1. The number of morpholine rings is 1. The van der Waals surface area contributed by atoms with Crippen molar-refractivity contribution < 1.29 is 18.7 Å². The van der Waals surface area contributed by atoms with Crippen molar-refractivity contribution in [2.24, 2.45) is 7.05 Å². The third kappa shape index (κ3) is 3.32. The van der Waals surface area contributed by atoms with Gasteiger partial charge in [0.2, 0.25) is 0 Å². The van der Waals surface area contributed by atoms with Crippen LogP contribution in [0.3, 0.4) is 0 Å². The molecule has 8 heteroatoms. The second-order valence-electron chi connectivity index (χ2n) is 6.45. The van der Waals surface area contributed by atoms with Crippen molar-refractivity contribution in [3.8, 4) is 0 Å². The predicted octanol–water partition coefficient (Wildman–Crippen LogP) is 1.52. The van der Waals surface area contributed by atoms with Gasteiger partial charge in [-0.25, -0.2) is 4.98 Å². The quantitative estimate of drug-likeness (QED) is 0.838. The molecule has 2 aliphatic rings. The molecule has 1 unspecified atom stereocenters. The highest BCUT2D eigenvalue weighted by atomic mass is 16.5. The van der Waals surface area contributed by atoms with Gasteiger partial charge in [0.25, 0.3) is 5.91 Å². The van der Waals surface area contributed by atoms with Crippen molar-refractivity contribution in [1.29, 1.82) is 0 Å². The molecule has 0 spiro atoms. The summed E-state index contributed by atoms with van der Waals surface area (Å²) < 4.78 is 18.5. The SMILES string of the molecule is Cn1nccc1C1CN(C(=O)c2coc(C3CCOCC3)n2)CCO1. The first-order valence-corrected chi connectivity index (χ1v) is 8.64. The van der Waals surface area contributed by atoms with Crippen LogP contribution in [-0.4, -0.2) is 58.5 Å². The molecule has 1 amide bonds. The molecule has 8 nitrogen and oxygen atoms in total. The Morgan fingerprint density at radius 1 is 1.28 bits per heavy atom. The first-order valence-electron chi connectivity index (χ1n) is 8.64. The number of amides is 1. The summed E-state index contributed by atoms with van der Waals surface area (Å²) in [5.74, 6) is 0.766. The molecule has 4 rings (SSSR count). The van der Waals surface area contributed by atoms with Gasteiger partial charge in [0.05, 0.1) is 18.8 Å². The zero-order valence-corrected chi connectivity index (χ0v) is 14.3. The van der Waals surface area contributed by atoms with Gasteiger partial charge in [0.15, 0.2) is 11.6 Å². The van der Waals surface area contributed by atoms with Crippen LogP contribution in [0.5, 0.6) is 0 Å². The van der Waals surface area contributed by atoms with Gasteiger partial charge in [-0.05, 0) is 18.9 Å². The Morgan fingerprint density at radius 2 is 2.12 bits per heavy atom. The molecular weight excluding hydrogens is 324 g/mol. The second-order valence-corrected chi connectivity index (χ2v) is 6.45. The Morgan fingerprint density at radius 3 is 2.88 bits per heavy atom. The smallest absolute Gasteiger partial charge is 0.275 e. The Balaban J connectivity index is 1.45. The predicted molar refractivity (Wildman–Crippen MR) is 87.1 cm³/mol. The molecule has 0 aromatic carbocycles. The zero-order valence-electron chi connectivity index (χ0n) is 14.3. The number of carbonyl (C=O) groups is 1. The third-order valence-corrected chi connectivity index (χ3v) is 4.85. The van der Waals surface area contributed by atoms with E-state index < -0.39 is 0 Å². The van der Waals surface area contributed by atoms with E-state index in [9.17, 15) is 4.79 Å². The van der Waals surface area contributed by atoms with Crippen molar-refractivity contribution in [1.82, 2.24) is 19.7 Å². The number of hydrogen-bond donors (Lipinski definition) is 0. The Labute approximate surface area is 145 Å². The molecule has 0 aliphatic carbocycles. The molecule has 0 N–H and O–H groups in total. The summed E-state index contributed by atoms with van der Waals surface area (Å²) in [5.41, 5.74) is 1.33. The van der Waals surface area contributed by atoms with Crippen LogP contribution in [0.2, 0.25) is 0 Å². The van der Waals surface area contributed by atoms with Crippen LogP contribution in [0.15, 0.2) is 22.9 Å². The molecule has 0 saturated carbocycles. The van der Waals surface area contributed by atoms with Crippen LogP contribution in [0, 0.1) is 0 Å². The summed E-state index contributed by atoms with van der Waals surface area (Å²) in [5, 5.41) is 4.17. The summed E-state index contributed by atoms with van der Waals surface area (Å²) in [6, 6.07) is 1.91. The van der Waals surface area contributed by atoms with Crippen LogP contribution in [0.4, 0.5) is 0 Å². The number of ether oxygens (including phenoxy) is 2. The largest absolute Gasteiger partial charge is 0.448 e.